The van der Waals surface area contributed by atoms with Crippen LogP contribution < -0.4 is 0 Å². The topological polar surface area (TPSA) is 0 Å². The van der Waals surface area contributed by atoms with Crippen molar-refractivity contribution < 1.29 is 4.39 Å². The third-order valence-electron chi connectivity index (χ3n) is 6.94. The molecule has 1 heteroatoms. The van der Waals surface area contributed by atoms with E-state index in [0.29, 0.717) is 10.9 Å². The summed E-state index contributed by atoms with van der Waals surface area (Å²) >= 11 is 0. The summed E-state index contributed by atoms with van der Waals surface area (Å²) in [5.41, 5.74) is 5.88. The molecule has 0 aliphatic carbocycles. The van der Waals surface area contributed by atoms with E-state index in [9.17, 15) is 0 Å². The Labute approximate surface area is 228 Å². The molecule has 192 valence electrons. The second-order valence-electron chi connectivity index (χ2n) is 10.0. The summed E-state index contributed by atoms with van der Waals surface area (Å²) in [6.45, 7) is 4.46. The smallest absolute Gasteiger partial charge is 0.146 e. The number of aryl methyl sites for hydroxylation is 2. The maximum atomic E-state index is 15.2. The molecule has 0 saturated heterocycles. The van der Waals surface area contributed by atoms with Crippen LogP contribution in [0.5, 0.6) is 0 Å². The average molecular weight is 501 g/mol. The van der Waals surface area contributed by atoms with Crippen LogP contribution >= 0.6 is 0 Å². The first-order chi connectivity index (χ1) is 18.7. The number of benzene rings is 4. The largest absolute Gasteiger partial charge is 0.205 e. The van der Waals surface area contributed by atoms with Crippen molar-refractivity contribution in [2.45, 2.75) is 71.6 Å². The van der Waals surface area contributed by atoms with Crippen molar-refractivity contribution in [3.63, 3.8) is 0 Å². The number of hydrogen-bond donors (Lipinski definition) is 0. The highest BCUT2D eigenvalue weighted by atomic mass is 19.1. The minimum absolute atomic E-state index is 0.277. The first kappa shape index (κ1) is 27.2. The Morgan fingerprint density at radius 3 is 1.68 bits per heavy atom. The summed E-state index contributed by atoms with van der Waals surface area (Å²) in [6, 6.07) is 26.2. The first-order valence-electron chi connectivity index (χ1n) is 14.1. The van der Waals surface area contributed by atoms with Crippen LogP contribution in [-0.4, -0.2) is 0 Å². The molecule has 4 rings (SSSR count). The van der Waals surface area contributed by atoms with Crippen LogP contribution in [-0.2, 0) is 12.8 Å². The summed E-state index contributed by atoms with van der Waals surface area (Å²) in [5.74, 6) is 12.3. The SMILES string of the molecule is CCCCCCc1ccc(C#Cc2ccc3cc(C#Cc4ccc(CCCCC)cc4)ccc3c2F)cc1. The molecule has 0 radical (unpaired) electrons. The third-order valence-corrected chi connectivity index (χ3v) is 6.94. The monoisotopic (exact) mass is 500 g/mol. The van der Waals surface area contributed by atoms with E-state index >= 15 is 4.39 Å². The van der Waals surface area contributed by atoms with Gasteiger partial charge in [-0.15, -0.1) is 0 Å². The van der Waals surface area contributed by atoms with Crippen LogP contribution in [0.1, 0.15) is 92.2 Å². The van der Waals surface area contributed by atoms with Crippen LogP contribution in [0.25, 0.3) is 10.8 Å². The Hall–Kier alpha value is -3.81. The van der Waals surface area contributed by atoms with Crippen molar-refractivity contribution in [2.24, 2.45) is 0 Å². The highest BCUT2D eigenvalue weighted by molar-refractivity contribution is 5.86. The van der Waals surface area contributed by atoms with Gasteiger partial charge in [-0.05, 0) is 84.7 Å². The van der Waals surface area contributed by atoms with Crippen molar-refractivity contribution in [3.05, 3.63) is 118 Å². The number of rotatable bonds is 9. The normalized spacial score (nSPS) is 10.5. The quantitative estimate of drug-likeness (QED) is 0.158. The molecule has 4 aromatic carbocycles. The fourth-order valence-corrected chi connectivity index (χ4v) is 4.59. The van der Waals surface area contributed by atoms with Crippen molar-refractivity contribution in [1.82, 2.24) is 0 Å². The van der Waals surface area contributed by atoms with Crippen LogP contribution in [0, 0.1) is 29.5 Å². The van der Waals surface area contributed by atoms with Crippen molar-refractivity contribution in [3.8, 4) is 23.7 Å². The molecule has 0 saturated carbocycles. The van der Waals surface area contributed by atoms with Gasteiger partial charge in [-0.25, -0.2) is 4.39 Å². The molecule has 0 aromatic heterocycles. The Kier molecular flexibility index (Phi) is 10.2. The van der Waals surface area contributed by atoms with Gasteiger partial charge in [0.05, 0.1) is 5.56 Å². The molecular formula is C37H37F. The molecule has 0 fully saturated rings. The van der Waals surface area contributed by atoms with Crippen LogP contribution in [0.15, 0.2) is 78.9 Å². The molecule has 0 N–H and O–H groups in total. The van der Waals surface area contributed by atoms with E-state index in [4.69, 9.17) is 0 Å². The fourth-order valence-electron chi connectivity index (χ4n) is 4.59. The van der Waals surface area contributed by atoms with Gasteiger partial charge in [0.25, 0.3) is 0 Å². The Morgan fingerprint density at radius 2 is 1.05 bits per heavy atom. The molecule has 4 aromatic rings. The van der Waals surface area contributed by atoms with Gasteiger partial charge in [0.2, 0.25) is 0 Å². The maximum absolute atomic E-state index is 15.2. The van der Waals surface area contributed by atoms with E-state index in [2.05, 4.69) is 73.9 Å². The van der Waals surface area contributed by atoms with Crippen LogP contribution in [0.4, 0.5) is 4.39 Å². The Balaban J connectivity index is 1.42. The van der Waals surface area contributed by atoms with Gasteiger partial charge in [0.15, 0.2) is 0 Å². The predicted molar refractivity (Wildman–Crippen MR) is 160 cm³/mol. The summed E-state index contributed by atoms with van der Waals surface area (Å²) in [4.78, 5) is 0. The van der Waals surface area contributed by atoms with Gasteiger partial charge >= 0.3 is 0 Å². The van der Waals surface area contributed by atoms with E-state index in [1.54, 1.807) is 6.07 Å². The Bertz CT molecular complexity index is 1450. The lowest BCUT2D eigenvalue weighted by Gasteiger charge is -2.03. The predicted octanol–water partition coefficient (Wildman–Crippen LogP) is 9.63. The van der Waals surface area contributed by atoms with E-state index in [0.717, 1.165) is 34.9 Å². The first-order valence-corrected chi connectivity index (χ1v) is 14.1. The van der Waals surface area contributed by atoms with Crippen molar-refractivity contribution >= 4 is 10.8 Å². The molecule has 0 heterocycles. The van der Waals surface area contributed by atoms with E-state index in [1.165, 1.54) is 56.1 Å². The van der Waals surface area contributed by atoms with Crippen LogP contribution in [0.2, 0.25) is 0 Å². The minimum Gasteiger partial charge on any atom is -0.205 e. The second-order valence-corrected chi connectivity index (χ2v) is 10.0. The molecular weight excluding hydrogens is 463 g/mol. The van der Waals surface area contributed by atoms with Gasteiger partial charge in [0, 0.05) is 22.1 Å². The molecule has 38 heavy (non-hydrogen) atoms. The van der Waals surface area contributed by atoms with Gasteiger partial charge in [-0.3, -0.25) is 0 Å². The zero-order chi connectivity index (χ0) is 26.6. The molecule has 0 aliphatic rings. The van der Waals surface area contributed by atoms with Gasteiger partial charge < -0.3 is 0 Å². The van der Waals surface area contributed by atoms with E-state index in [-0.39, 0.29) is 5.82 Å². The molecule has 0 amide bonds. The zero-order valence-electron chi connectivity index (χ0n) is 22.7. The maximum Gasteiger partial charge on any atom is 0.146 e. The summed E-state index contributed by atoms with van der Waals surface area (Å²) in [7, 11) is 0. The lowest BCUT2D eigenvalue weighted by atomic mass is 10.0. The standard InChI is InChI=1S/C37H37F/c1-3-5-7-9-11-30-14-18-32(19-15-30)22-24-34-25-26-35-28-33(23-27-36(35)37(34)38)21-20-31-16-12-29(13-17-31)10-8-6-4-2/h12-19,23,25-28H,3-11H2,1-2H3. The highest BCUT2D eigenvalue weighted by Crippen LogP contribution is 2.22. The average Bonchev–Trinajstić information content (AvgIpc) is 2.95. The van der Waals surface area contributed by atoms with Gasteiger partial charge in [-0.2, -0.15) is 0 Å². The van der Waals surface area contributed by atoms with E-state index in [1.807, 2.05) is 36.4 Å². The van der Waals surface area contributed by atoms with Crippen molar-refractivity contribution in [1.29, 1.82) is 0 Å². The summed E-state index contributed by atoms with van der Waals surface area (Å²) in [5, 5.41) is 1.40. The molecule has 0 unspecified atom stereocenters. The summed E-state index contributed by atoms with van der Waals surface area (Å²) in [6.07, 6.45) is 11.0. The van der Waals surface area contributed by atoms with Crippen molar-refractivity contribution in [2.75, 3.05) is 0 Å². The molecule has 0 aliphatic heterocycles. The number of hydrogen-bond acceptors (Lipinski definition) is 0. The molecule has 0 nitrogen and oxygen atoms in total. The summed E-state index contributed by atoms with van der Waals surface area (Å²) < 4.78 is 15.2. The van der Waals surface area contributed by atoms with Gasteiger partial charge in [0.1, 0.15) is 5.82 Å². The number of fused-ring (bicyclic) bond motifs is 1. The number of unbranched alkanes of at least 4 members (excludes halogenated alkanes) is 5. The zero-order valence-corrected chi connectivity index (χ0v) is 22.7. The lowest BCUT2D eigenvalue weighted by molar-refractivity contribution is 0.636. The molecule has 0 spiro atoms. The Morgan fingerprint density at radius 1 is 0.526 bits per heavy atom. The fraction of sp³-hybridized carbons (Fsp3) is 0.297. The molecule has 0 atom stereocenters. The third kappa shape index (κ3) is 7.84. The molecule has 0 bridgehead atoms. The second kappa shape index (κ2) is 14.2. The van der Waals surface area contributed by atoms with E-state index < -0.39 is 0 Å². The van der Waals surface area contributed by atoms with Gasteiger partial charge in [-0.1, -0.05) is 106 Å². The highest BCUT2D eigenvalue weighted by Gasteiger charge is 2.06. The lowest BCUT2D eigenvalue weighted by Crippen LogP contribution is -1.88. The minimum atomic E-state index is -0.277. The van der Waals surface area contributed by atoms with Crippen LogP contribution in [0.3, 0.4) is 0 Å². The number of halogens is 1.